The summed E-state index contributed by atoms with van der Waals surface area (Å²) in [5.41, 5.74) is 4.68. The molecule has 1 aliphatic carbocycles. The molecule has 5 rings (SSSR count). The maximum Gasteiger partial charge on any atom is 0.294 e. The Morgan fingerprint density at radius 3 is 2.49 bits per heavy atom. The van der Waals surface area contributed by atoms with Gasteiger partial charge in [-0.25, -0.2) is 38.3 Å². The number of fused-ring (bicyclic) bond motifs is 1. The quantitative estimate of drug-likeness (QED) is 0.368. The summed E-state index contributed by atoms with van der Waals surface area (Å²) in [5, 5.41) is 3.08. The van der Waals surface area contributed by atoms with E-state index in [9.17, 15) is 13.2 Å². The average Bonchev–Trinajstić information content (AvgIpc) is 3.70. The van der Waals surface area contributed by atoms with Crippen molar-refractivity contribution in [2.75, 3.05) is 11.6 Å². The fraction of sp³-hybridized carbons (Fsp3) is 0.400. The Morgan fingerprint density at radius 2 is 1.84 bits per heavy atom. The van der Waals surface area contributed by atoms with E-state index in [4.69, 9.17) is 9.97 Å². The predicted molar refractivity (Wildman–Crippen MR) is 139 cm³/mol. The number of anilines is 1. The van der Waals surface area contributed by atoms with E-state index in [1.165, 1.54) is 12.3 Å². The van der Waals surface area contributed by atoms with Crippen LogP contribution in [0.5, 0.6) is 0 Å². The summed E-state index contributed by atoms with van der Waals surface area (Å²) >= 11 is 0. The highest BCUT2D eigenvalue weighted by Gasteiger charge is 2.30. The van der Waals surface area contributed by atoms with E-state index in [1.807, 2.05) is 20.8 Å². The van der Waals surface area contributed by atoms with E-state index < -0.39 is 9.84 Å². The molecule has 4 heterocycles. The van der Waals surface area contributed by atoms with Gasteiger partial charge in [0.05, 0.1) is 22.6 Å². The summed E-state index contributed by atoms with van der Waals surface area (Å²) in [6.45, 7) is 6.49. The number of hydrogen-bond acceptors (Lipinski definition) is 10. The first-order valence-electron chi connectivity index (χ1n) is 12.2. The molecule has 0 bridgehead atoms. The molecular weight excluding hydrogens is 492 g/mol. The Morgan fingerprint density at radius 1 is 1.05 bits per heavy atom. The minimum Gasteiger partial charge on any atom is -0.361 e. The highest BCUT2D eigenvalue weighted by atomic mass is 32.2. The molecule has 1 N–H and O–H groups in total. The normalized spacial score (nSPS) is 13.7. The first-order valence-corrected chi connectivity index (χ1v) is 14.1. The molecule has 0 unspecified atom stereocenters. The standard InChI is InChI=1S/C25H28N8O3S/c1-5-10-33-24-20(15(3)30-22(32-24)19-14(2)28-13-29-21(19)17-7-8-17)31-23(25(33)34)27-12-16-6-9-18(26-11-16)37(4,35)36/h6,9,11,13,17H,5,7-8,10,12H2,1-4H3,(H,27,31). The molecule has 37 heavy (non-hydrogen) atoms. The van der Waals surface area contributed by atoms with Gasteiger partial charge in [-0.2, -0.15) is 0 Å². The molecule has 4 aromatic heterocycles. The smallest absolute Gasteiger partial charge is 0.294 e. The molecule has 4 aromatic rings. The SMILES string of the molecule is CCCn1c(=O)c(NCc2ccc(S(C)(=O)=O)nc2)nc2c(C)nc(-c3c(C)ncnc3C3CC3)nc21. The van der Waals surface area contributed by atoms with E-state index in [0.29, 0.717) is 40.7 Å². The second-order valence-electron chi connectivity index (χ2n) is 9.35. The van der Waals surface area contributed by atoms with Crippen molar-refractivity contribution in [1.29, 1.82) is 0 Å². The van der Waals surface area contributed by atoms with Gasteiger partial charge in [0.15, 0.2) is 32.2 Å². The zero-order valence-electron chi connectivity index (χ0n) is 21.2. The molecule has 192 valence electrons. The fourth-order valence-corrected chi connectivity index (χ4v) is 4.83. The van der Waals surface area contributed by atoms with Crippen LogP contribution < -0.4 is 10.9 Å². The van der Waals surface area contributed by atoms with Crippen molar-refractivity contribution in [3.63, 3.8) is 0 Å². The van der Waals surface area contributed by atoms with Gasteiger partial charge in [-0.15, -0.1) is 0 Å². The minimum atomic E-state index is -3.38. The Bertz CT molecular complexity index is 1660. The minimum absolute atomic E-state index is 0.00199. The molecule has 1 aliphatic rings. The molecule has 0 amide bonds. The van der Waals surface area contributed by atoms with Gasteiger partial charge < -0.3 is 5.32 Å². The second-order valence-corrected chi connectivity index (χ2v) is 11.3. The van der Waals surface area contributed by atoms with E-state index >= 15 is 0 Å². The Kier molecular flexibility index (Phi) is 6.44. The number of nitrogens with zero attached hydrogens (tertiary/aromatic N) is 7. The van der Waals surface area contributed by atoms with Gasteiger partial charge in [0.25, 0.3) is 5.56 Å². The third-order valence-electron chi connectivity index (χ3n) is 6.31. The maximum atomic E-state index is 13.4. The molecule has 0 aliphatic heterocycles. The van der Waals surface area contributed by atoms with Crippen LogP contribution in [0.1, 0.15) is 54.7 Å². The summed E-state index contributed by atoms with van der Waals surface area (Å²) in [4.78, 5) is 40.5. The highest BCUT2D eigenvalue weighted by Crippen LogP contribution is 2.43. The van der Waals surface area contributed by atoms with E-state index in [2.05, 4.69) is 25.3 Å². The Balaban J connectivity index is 1.56. The van der Waals surface area contributed by atoms with Gasteiger partial charge in [-0.05, 0) is 44.7 Å². The lowest BCUT2D eigenvalue weighted by atomic mass is 10.1. The van der Waals surface area contributed by atoms with Crippen molar-refractivity contribution in [3.8, 4) is 11.4 Å². The lowest BCUT2D eigenvalue weighted by molar-refractivity contribution is 0.598. The zero-order chi connectivity index (χ0) is 26.3. The predicted octanol–water partition coefficient (Wildman–Crippen LogP) is 2.96. The molecule has 0 spiro atoms. The summed E-state index contributed by atoms with van der Waals surface area (Å²) in [6.07, 6.45) is 7.06. The van der Waals surface area contributed by atoms with Gasteiger partial charge in [0.1, 0.15) is 11.8 Å². The van der Waals surface area contributed by atoms with Crippen molar-refractivity contribution < 1.29 is 8.42 Å². The number of hydrogen-bond donors (Lipinski definition) is 1. The fourth-order valence-electron chi connectivity index (χ4n) is 4.27. The molecule has 12 heteroatoms. The van der Waals surface area contributed by atoms with Crippen molar-refractivity contribution >= 4 is 26.8 Å². The van der Waals surface area contributed by atoms with Crippen LogP contribution in [0, 0.1) is 13.8 Å². The van der Waals surface area contributed by atoms with Crippen LogP contribution in [0.3, 0.4) is 0 Å². The molecule has 11 nitrogen and oxygen atoms in total. The summed E-state index contributed by atoms with van der Waals surface area (Å²) in [5.74, 6) is 1.07. The van der Waals surface area contributed by atoms with Gasteiger partial charge in [-0.3, -0.25) is 9.36 Å². The van der Waals surface area contributed by atoms with Crippen LogP contribution in [0.25, 0.3) is 22.6 Å². The number of aryl methyl sites for hydroxylation is 3. The molecule has 0 saturated heterocycles. The highest BCUT2D eigenvalue weighted by molar-refractivity contribution is 7.90. The largest absolute Gasteiger partial charge is 0.361 e. The molecule has 0 aromatic carbocycles. The maximum absolute atomic E-state index is 13.4. The number of sulfone groups is 1. The van der Waals surface area contributed by atoms with Crippen LogP contribution in [0.15, 0.2) is 34.5 Å². The molecule has 0 atom stereocenters. The first-order chi connectivity index (χ1) is 17.7. The van der Waals surface area contributed by atoms with Crippen molar-refractivity contribution in [2.24, 2.45) is 0 Å². The van der Waals surface area contributed by atoms with E-state index in [-0.39, 0.29) is 22.9 Å². The molecule has 1 fully saturated rings. The molecule has 0 radical (unpaired) electrons. The summed E-state index contributed by atoms with van der Waals surface area (Å²) < 4.78 is 24.9. The van der Waals surface area contributed by atoms with Crippen LogP contribution in [0.4, 0.5) is 5.82 Å². The first kappa shape index (κ1) is 24.9. The van der Waals surface area contributed by atoms with Crippen LogP contribution in [-0.4, -0.2) is 49.1 Å². The van der Waals surface area contributed by atoms with E-state index in [0.717, 1.165) is 42.5 Å². The van der Waals surface area contributed by atoms with Crippen molar-refractivity contribution in [3.05, 3.63) is 57.7 Å². The van der Waals surface area contributed by atoms with Crippen LogP contribution >= 0.6 is 0 Å². The lowest BCUT2D eigenvalue weighted by Crippen LogP contribution is -2.27. The van der Waals surface area contributed by atoms with Gasteiger partial charge in [0.2, 0.25) is 0 Å². The Hall–Kier alpha value is -3.80. The van der Waals surface area contributed by atoms with Gasteiger partial charge in [0, 0.05) is 31.5 Å². The molecule has 1 saturated carbocycles. The van der Waals surface area contributed by atoms with Crippen molar-refractivity contribution in [1.82, 2.24) is 34.5 Å². The van der Waals surface area contributed by atoms with Crippen molar-refractivity contribution in [2.45, 2.75) is 64.1 Å². The summed E-state index contributed by atoms with van der Waals surface area (Å²) in [6, 6.07) is 3.10. The zero-order valence-corrected chi connectivity index (χ0v) is 22.0. The lowest BCUT2D eigenvalue weighted by Gasteiger charge is -2.15. The average molecular weight is 521 g/mol. The number of aromatic nitrogens is 7. The molecular formula is C25H28N8O3S. The number of pyridine rings is 1. The van der Waals surface area contributed by atoms with Gasteiger partial charge in [-0.1, -0.05) is 13.0 Å². The van der Waals surface area contributed by atoms with Crippen LogP contribution in [-0.2, 0) is 22.9 Å². The third kappa shape index (κ3) is 4.93. The second kappa shape index (κ2) is 9.58. The third-order valence-corrected chi connectivity index (χ3v) is 7.31. The van der Waals surface area contributed by atoms with E-state index in [1.54, 1.807) is 17.0 Å². The monoisotopic (exact) mass is 520 g/mol. The topological polar surface area (TPSA) is 146 Å². The van der Waals surface area contributed by atoms with Crippen LogP contribution in [0.2, 0.25) is 0 Å². The summed E-state index contributed by atoms with van der Waals surface area (Å²) in [7, 11) is -3.38. The van der Waals surface area contributed by atoms with Gasteiger partial charge >= 0.3 is 0 Å². The number of nitrogens with one attached hydrogen (secondary N) is 1. The number of rotatable bonds is 8. The Labute approximate surface area is 214 Å².